The molecule has 71 heavy (non-hydrogen) atoms. The first kappa shape index (κ1) is 51.2. The largest absolute Gasteiger partial charge is 0.490 e. The Bertz CT molecular complexity index is 3260. The predicted octanol–water partition coefficient (Wildman–Crippen LogP) is 5.99. The molecule has 3 heterocycles. The molecule has 0 fully saturated rings. The van der Waals surface area contributed by atoms with Crippen molar-refractivity contribution in [2.75, 3.05) is 32.6 Å². The van der Waals surface area contributed by atoms with Crippen LogP contribution in [-0.2, 0) is 33.8 Å². The minimum Gasteiger partial charge on any atom is -0.490 e. The normalized spacial score (nSPS) is 14.3. The second-order valence-corrected chi connectivity index (χ2v) is 20.2. The van der Waals surface area contributed by atoms with Gasteiger partial charge in [0.25, 0.3) is 21.8 Å². The van der Waals surface area contributed by atoms with E-state index in [9.17, 15) is 51.0 Å². The zero-order valence-corrected chi connectivity index (χ0v) is 40.3. The number of halogens is 1. The first-order chi connectivity index (χ1) is 33.7. The third kappa shape index (κ3) is 11.7. The van der Waals surface area contributed by atoms with Crippen LogP contribution in [0.3, 0.4) is 0 Å². The monoisotopic (exact) mass is 1030 g/mol. The van der Waals surface area contributed by atoms with E-state index in [1.165, 1.54) is 42.5 Å². The highest BCUT2D eigenvalue weighted by atomic mass is 32.2. The van der Waals surface area contributed by atoms with E-state index in [-0.39, 0.29) is 92.4 Å². The molecule has 25 heteroatoms. The van der Waals surface area contributed by atoms with E-state index in [1.807, 2.05) is 4.72 Å². The van der Waals surface area contributed by atoms with Gasteiger partial charge in [0.05, 0.1) is 18.8 Å². The van der Waals surface area contributed by atoms with Crippen molar-refractivity contribution in [3.8, 4) is 79.0 Å². The Labute approximate surface area is 407 Å². The van der Waals surface area contributed by atoms with Crippen molar-refractivity contribution in [3.05, 3.63) is 83.2 Å². The SMILES string of the molecule is CC(=O)Oc1c2cc(-c3ccc(-c4ccc(S(=O)(=O)NCP(=O)(O)Oc5ccc(C#N)c(F)c5)s4)cc3-c3cc4c(OC(C)=O)c(c3OC(C)=O)C(=O)NCCCO4)c(OC(C)=O)c1C(=O)NCCCO2. The van der Waals surface area contributed by atoms with Crippen LogP contribution in [0.5, 0.6) is 40.2 Å². The summed E-state index contributed by atoms with van der Waals surface area (Å²) in [4.78, 5) is 89.8. The summed E-state index contributed by atoms with van der Waals surface area (Å²) in [5.41, 5.74) is -0.988. The Morgan fingerprint density at radius 2 is 1.27 bits per heavy atom. The van der Waals surface area contributed by atoms with E-state index in [4.69, 9.17) is 38.2 Å². The molecular formula is C46H40FN4O17PS2. The van der Waals surface area contributed by atoms with Crippen molar-refractivity contribution in [2.24, 2.45) is 0 Å². The predicted molar refractivity (Wildman–Crippen MR) is 248 cm³/mol. The molecule has 2 aliphatic heterocycles. The molecule has 2 amide bonds. The number of carbonyl (C=O) groups is 6. The number of hydrogen-bond donors (Lipinski definition) is 4. The molecular weight excluding hydrogens is 995 g/mol. The van der Waals surface area contributed by atoms with Gasteiger partial charge in [0.2, 0.25) is 0 Å². The first-order valence-corrected chi connectivity index (χ1v) is 25.2. The Morgan fingerprint density at radius 3 is 1.77 bits per heavy atom. The number of benzene rings is 4. The number of ether oxygens (including phenoxy) is 6. The van der Waals surface area contributed by atoms with Crippen LogP contribution in [0.1, 0.15) is 66.8 Å². The molecule has 4 aromatic carbocycles. The van der Waals surface area contributed by atoms with Crippen LogP contribution in [0.15, 0.2) is 64.9 Å². The van der Waals surface area contributed by atoms with E-state index in [1.54, 1.807) is 6.07 Å². The molecule has 4 N–H and O–H groups in total. The number of nitrogens with one attached hydrogen (secondary N) is 3. The van der Waals surface area contributed by atoms with Crippen LogP contribution in [0.4, 0.5) is 4.39 Å². The highest BCUT2D eigenvalue weighted by molar-refractivity contribution is 7.92. The summed E-state index contributed by atoms with van der Waals surface area (Å²) in [7, 11) is -9.39. The summed E-state index contributed by atoms with van der Waals surface area (Å²) in [5.74, 6) is -8.62. The third-order valence-electron chi connectivity index (χ3n) is 10.1. The van der Waals surface area contributed by atoms with E-state index < -0.39 is 99.5 Å². The second kappa shape index (κ2) is 21.1. The minimum atomic E-state index is -4.81. The zero-order chi connectivity index (χ0) is 51.4. The topological polar surface area (TPSA) is 298 Å². The summed E-state index contributed by atoms with van der Waals surface area (Å²) in [6.45, 7) is 4.46. The van der Waals surface area contributed by atoms with Gasteiger partial charge >= 0.3 is 31.5 Å². The molecule has 4 bridgehead atoms. The van der Waals surface area contributed by atoms with Crippen LogP contribution in [-0.4, -0.2) is 81.6 Å². The average Bonchev–Trinajstić information content (AvgIpc) is 3.82. The first-order valence-electron chi connectivity index (χ1n) is 21.1. The highest BCUT2D eigenvalue weighted by Gasteiger charge is 2.35. The van der Waals surface area contributed by atoms with Crippen molar-refractivity contribution in [2.45, 2.75) is 44.7 Å². The van der Waals surface area contributed by atoms with E-state index in [2.05, 4.69) is 10.6 Å². The number of thiophene rings is 1. The fourth-order valence-electron chi connectivity index (χ4n) is 7.21. The summed E-state index contributed by atoms with van der Waals surface area (Å²) in [5, 5.41) is 14.4. The molecule has 370 valence electrons. The van der Waals surface area contributed by atoms with Gasteiger partial charge < -0.3 is 48.5 Å². The molecule has 0 aliphatic carbocycles. The van der Waals surface area contributed by atoms with Gasteiger partial charge in [-0.05, 0) is 72.0 Å². The zero-order valence-electron chi connectivity index (χ0n) is 37.8. The lowest BCUT2D eigenvalue weighted by Crippen LogP contribution is -2.26. The van der Waals surface area contributed by atoms with Crippen LogP contribution in [0, 0.1) is 17.1 Å². The molecule has 0 spiro atoms. The number of fused-ring (bicyclic) bond motifs is 4. The van der Waals surface area contributed by atoms with Gasteiger partial charge in [0.1, 0.15) is 39.3 Å². The Balaban J connectivity index is 1.45. The number of carbonyl (C=O) groups excluding carboxylic acids is 6. The molecule has 1 atom stereocenters. The van der Waals surface area contributed by atoms with Crippen LogP contribution in [0.2, 0.25) is 0 Å². The molecule has 21 nitrogen and oxygen atoms in total. The lowest BCUT2D eigenvalue weighted by molar-refractivity contribution is -0.133. The van der Waals surface area contributed by atoms with E-state index >= 15 is 0 Å². The Morgan fingerprint density at radius 1 is 0.746 bits per heavy atom. The van der Waals surface area contributed by atoms with Gasteiger partial charge in [-0.3, -0.25) is 28.8 Å². The van der Waals surface area contributed by atoms with Crippen molar-refractivity contribution < 1.29 is 84.0 Å². The second-order valence-electron chi connectivity index (χ2n) is 15.4. The van der Waals surface area contributed by atoms with Crippen molar-refractivity contribution >= 4 is 64.6 Å². The van der Waals surface area contributed by atoms with Crippen LogP contribution in [0.25, 0.3) is 32.7 Å². The van der Waals surface area contributed by atoms with Gasteiger partial charge in [-0.25, -0.2) is 17.4 Å². The van der Waals surface area contributed by atoms with Crippen molar-refractivity contribution in [3.63, 3.8) is 0 Å². The summed E-state index contributed by atoms with van der Waals surface area (Å²) < 4.78 is 95.7. The smallest absolute Gasteiger partial charge is 0.391 e. The number of nitrogens with zero attached hydrogens (tertiary/aromatic N) is 1. The molecule has 0 saturated carbocycles. The average molecular weight is 1030 g/mol. The van der Waals surface area contributed by atoms with Gasteiger partial charge in [-0.15, -0.1) is 11.3 Å². The van der Waals surface area contributed by atoms with Crippen LogP contribution >= 0.6 is 18.9 Å². The third-order valence-corrected chi connectivity index (χ3v) is 14.4. The standard InChI is InChI=1S/C46H40FN4O17PS2/c1-23(52)64-41-32(19-35-43(66-25(3)54)39(41)45(56)49-13-5-15-62-35)30-10-8-27(37-11-12-38(70-37)71(60,61)51-22-69(58,59)68-29-9-7-28(21-48)34(47)18-29)17-31(30)33-20-36-44(67-26(4)55)40(42(33)65-24(2)53)46(57)50-14-6-16-63-36/h7-12,17-20,51H,5-6,13-16,22H2,1-4H3,(H,49,56)(H,50,57)(H,58,59). The fourth-order valence-corrected chi connectivity index (χ4v) is 11.1. The number of rotatable bonds is 13. The molecule has 1 aromatic heterocycles. The molecule has 0 radical (unpaired) electrons. The van der Waals surface area contributed by atoms with Crippen LogP contribution < -0.4 is 48.3 Å². The van der Waals surface area contributed by atoms with Crippen molar-refractivity contribution in [1.82, 2.24) is 15.4 Å². The highest BCUT2D eigenvalue weighted by Crippen LogP contribution is 2.53. The summed E-state index contributed by atoms with van der Waals surface area (Å²) in [6, 6.07) is 14.1. The van der Waals surface area contributed by atoms with Gasteiger partial charge in [0.15, 0.2) is 34.5 Å². The molecule has 7 rings (SSSR count). The minimum absolute atomic E-state index is 0.00700. The van der Waals surface area contributed by atoms with Gasteiger partial charge in [-0.1, -0.05) is 12.1 Å². The number of sulfonamides is 1. The molecule has 2 aliphatic rings. The molecule has 1 unspecified atom stereocenters. The quantitative estimate of drug-likeness (QED) is 0.0598. The van der Waals surface area contributed by atoms with Gasteiger partial charge in [-0.2, -0.15) is 9.98 Å². The molecule has 5 aromatic rings. The maximum Gasteiger partial charge on any atom is 0.391 e. The maximum absolute atomic E-state index is 14.2. The summed E-state index contributed by atoms with van der Waals surface area (Å²) >= 11 is 0.694. The van der Waals surface area contributed by atoms with Gasteiger partial charge in [0, 0.05) is 62.9 Å². The van der Waals surface area contributed by atoms with E-state index in [0.717, 1.165) is 39.8 Å². The molecule has 0 saturated heterocycles. The number of nitriles is 1. The van der Waals surface area contributed by atoms with E-state index in [0.29, 0.717) is 23.8 Å². The van der Waals surface area contributed by atoms with Crippen molar-refractivity contribution in [1.29, 1.82) is 5.26 Å². The number of esters is 4. The lowest BCUT2D eigenvalue weighted by atomic mass is 9.88. The maximum atomic E-state index is 14.2. The number of amides is 2. The Hall–Kier alpha value is -7.68. The lowest BCUT2D eigenvalue weighted by Gasteiger charge is -2.23. The number of hydrogen-bond acceptors (Lipinski definition) is 18. The fraction of sp³-hybridized carbons (Fsp3) is 0.239. The Kier molecular flexibility index (Phi) is 15.2. The summed E-state index contributed by atoms with van der Waals surface area (Å²) in [6.07, 6.45) is -0.565.